The van der Waals surface area contributed by atoms with E-state index in [2.05, 4.69) is 74.6 Å². The summed E-state index contributed by atoms with van der Waals surface area (Å²) in [5.41, 5.74) is 5.71. The minimum atomic E-state index is 0.227. The van der Waals surface area contributed by atoms with Gasteiger partial charge in [0.25, 0.3) is 0 Å². The van der Waals surface area contributed by atoms with Crippen molar-refractivity contribution in [3.8, 4) is 0 Å². The SMILES string of the molecule is CC(C)(C)c1ccc(C2Cc3ccccc3N2)cc1. The molecule has 1 aliphatic heterocycles. The van der Waals surface area contributed by atoms with E-state index in [0.717, 1.165) is 6.42 Å². The molecule has 0 spiro atoms. The fourth-order valence-electron chi connectivity index (χ4n) is 2.71. The molecule has 1 aliphatic rings. The van der Waals surface area contributed by atoms with Gasteiger partial charge in [-0.25, -0.2) is 0 Å². The summed E-state index contributed by atoms with van der Waals surface area (Å²) in [6, 6.07) is 18.1. The van der Waals surface area contributed by atoms with Gasteiger partial charge >= 0.3 is 0 Å². The molecule has 1 heteroatoms. The molecule has 0 bridgehead atoms. The number of hydrogen-bond donors (Lipinski definition) is 1. The summed E-state index contributed by atoms with van der Waals surface area (Å²) in [7, 11) is 0. The summed E-state index contributed by atoms with van der Waals surface area (Å²) < 4.78 is 0. The van der Waals surface area contributed by atoms with Crippen molar-refractivity contribution in [2.75, 3.05) is 5.32 Å². The summed E-state index contributed by atoms with van der Waals surface area (Å²) in [5.74, 6) is 0. The zero-order chi connectivity index (χ0) is 13.5. The zero-order valence-corrected chi connectivity index (χ0v) is 11.9. The van der Waals surface area contributed by atoms with E-state index in [0.29, 0.717) is 6.04 Å². The van der Waals surface area contributed by atoms with Crippen molar-refractivity contribution in [2.24, 2.45) is 0 Å². The van der Waals surface area contributed by atoms with Gasteiger partial charge in [0, 0.05) is 5.69 Å². The van der Waals surface area contributed by atoms with Crippen molar-refractivity contribution < 1.29 is 0 Å². The second-order valence-corrected chi connectivity index (χ2v) is 6.43. The Bertz CT molecular complexity index is 550. The van der Waals surface area contributed by atoms with Gasteiger partial charge in [-0.1, -0.05) is 63.2 Å². The fourth-order valence-corrected chi connectivity index (χ4v) is 2.71. The van der Waals surface area contributed by atoms with Crippen LogP contribution in [0, 0.1) is 0 Å². The van der Waals surface area contributed by atoms with Crippen LogP contribution in [0.1, 0.15) is 43.5 Å². The predicted molar refractivity (Wildman–Crippen MR) is 81.7 cm³/mol. The molecular formula is C18H21N. The number of hydrogen-bond acceptors (Lipinski definition) is 1. The molecule has 1 nitrogen and oxygen atoms in total. The van der Waals surface area contributed by atoms with Gasteiger partial charge in [-0.15, -0.1) is 0 Å². The molecule has 2 aromatic carbocycles. The second kappa shape index (κ2) is 4.41. The van der Waals surface area contributed by atoms with Crippen molar-refractivity contribution in [3.63, 3.8) is 0 Å². The van der Waals surface area contributed by atoms with Crippen molar-refractivity contribution in [3.05, 3.63) is 65.2 Å². The van der Waals surface area contributed by atoms with E-state index in [-0.39, 0.29) is 5.41 Å². The Morgan fingerprint density at radius 1 is 0.947 bits per heavy atom. The highest BCUT2D eigenvalue weighted by molar-refractivity contribution is 5.58. The average molecular weight is 251 g/mol. The fraction of sp³-hybridized carbons (Fsp3) is 0.333. The molecule has 1 unspecified atom stereocenters. The maximum absolute atomic E-state index is 3.61. The maximum Gasteiger partial charge on any atom is 0.0555 e. The largest absolute Gasteiger partial charge is 0.378 e. The van der Waals surface area contributed by atoms with E-state index < -0.39 is 0 Å². The molecule has 0 aromatic heterocycles. The van der Waals surface area contributed by atoms with Gasteiger partial charge in [0.05, 0.1) is 6.04 Å². The maximum atomic E-state index is 3.61. The van der Waals surface area contributed by atoms with E-state index >= 15 is 0 Å². The van der Waals surface area contributed by atoms with Crippen LogP contribution in [-0.4, -0.2) is 0 Å². The summed E-state index contributed by atoms with van der Waals surface area (Å²) >= 11 is 0. The highest BCUT2D eigenvalue weighted by Gasteiger charge is 2.22. The first-order valence-electron chi connectivity index (χ1n) is 6.99. The molecular weight excluding hydrogens is 230 g/mol. The van der Waals surface area contributed by atoms with E-state index in [4.69, 9.17) is 0 Å². The number of rotatable bonds is 1. The topological polar surface area (TPSA) is 12.0 Å². The molecule has 0 saturated carbocycles. The molecule has 19 heavy (non-hydrogen) atoms. The summed E-state index contributed by atoms with van der Waals surface area (Å²) in [4.78, 5) is 0. The number of nitrogens with one attached hydrogen (secondary N) is 1. The lowest BCUT2D eigenvalue weighted by molar-refractivity contribution is 0.589. The van der Waals surface area contributed by atoms with Gasteiger partial charge in [-0.2, -0.15) is 0 Å². The van der Waals surface area contributed by atoms with E-state index in [1.807, 2.05) is 0 Å². The summed E-state index contributed by atoms with van der Waals surface area (Å²) in [6.07, 6.45) is 1.09. The summed E-state index contributed by atoms with van der Waals surface area (Å²) in [6.45, 7) is 6.77. The first-order valence-corrected chi connectivity index (χ1v) is 6.99. The summed E-state index contributed by atoms with van der Waals surface area (Å²) in [5, 5.41) is 3.61. The lowest BCUT2D eigenvalue weighted by Crippen LogP contribution is -2.12. The molecule has 98 valence electrons. The standard InChI is InChI=1S/C18H21N/c1-18(2,3)15-10-8-13(9-11-15)17-12-14-6-4-5-7-16(14)19-17/h4-11,17,19H,12H2,1-3H3. The first-order chi connectivity index (χ1) is 9.04. The Hall–Kier alpha value is -1.76. The van der Waals surface area contributed by atoms with Crippen LogP contribution in [0.15, 0.2) is 48.5 Å². The first kappa shape index (κ1) is 12.3. The van der Waals surface area contributed by atoms with E-state index in [1.165, 1.54) is 22.4 Å². The van der Waals surface area contributed by atoms with Crippen molar-refractivity contribution in [1.29, 1.82) is 0 Å². The smallest absolute Gasteiger partial charge is 0.0555 e. The molecule has 0 aliphatic carbocycles. The van der Waals surface area contributed by atoms with Crippen LogP contribution < -0.4 is 5.32 Å². The monoisotopic (exact) mass is 251 g/mol. The van der Waals surface area contributed by atoms with Crippen LogP contribution in [0.5, 0.6) is 0 Å². The van der Waals surface area contributed by atoms with E-state index in [9.17, 15) is 0 Å². The number of para-hydroxylation sites is 1. The Labute approximate surface area is 115 Å². The van der Waals surface area contributed by atoms with Gasteiger partial charge in [-0.3, -0.25) is 0 Å². The molecule has 0 fully saturated rings. The average Bonchev–Trinajstić information content (AvgIpc) is 2.81. The normalized spacial score (nSPS) is 17.9. The number of anilines is 1. The van der Waals surface area contributed by atoms with Gasteiger partial charge in [0.2, 0.25) is 0 Å². The Balaban J connectivity index is 1.82. The Morgan fingerprint density at radius 2 is 1.63 bits per heavy atom. The lowest BCUT2D eigenvalue weighted by Gasteiger charge is -2.20. The van der Waals surface area contributed by atoms with E-state index in [1.54, 1.807) is 0 Å². The molecule has 3 rings (SSSR count). The Morgan fingerprint density at radius 3 is 2.26 bits per heavy atom. The molecule has 1 N–H and O–H groups in total. The molecule has 0 amide bonds. The molecule has 1 heterocycles. The Kier molecular flexibility index (Phi) is 2.85. The van der Waals surface area contributed by atoms with Crippen LogP contribution in [0.4, 0.5) is 5.69 Å². The molecule has 0 radical (unpaired) electrons. The van der Waals surface area contributed by atoms with Crippen molar-refractivity contribution in [1.82, 2.24) is 0 Å². The highest BCUT2D eigenvalue weighted by atomic mass is 14.9. The third-order valence-electron chi connectivity index (χ3n) is 3.95. The minimum Gasteiger partial charge on any atom is -0.378 e. The van der Waals surface area contributed by atoms with Gasteiger partial charge in [-0.05, 0) is 34.6 Å². The number of fused-ring (bicyclic) bond motifs is 1. The van der Waals surface area contributed by atoms with Crippen LogP contribution in [0.2, 0.25) is 0 Å². The molecule has 2 aromatic rings. The molecule has 1 atom stereocenters. The second-order valence-electron chi connectivity index (χ2n) is 6.43. The lowest BCUT2D eigenvalue weighted by atomic mass is 9.86. The van der Waals surface area contributed by atoms with Gasteiger partial charge in [0.15, 0.2) is 0 Å². The van der Waals surface area contributed by atoms with Crippen LogP contribution in [0.25, 0.3) is 0 Å². The minimum absolute atomic E-state index is 0.227. The quantitative estimate of drug-likeness (QED) is 0.775. The predicted octanol–water partition coefficient (Wildman–Crippen LogP) is 4.69. The third-order valence-corrected chi connectivity index (χ3v) is 3.95. The van der Waals surface area contributed by atoms with Crippen LogP contribution in [0.3, 0.4) is 0 Å². The highest BCUT2D eigenvalue weighted by Crippen LogP contribution is 2.34. The van der Waals surface area contributed by atoms with Gasteiger partial charge < -0.3 is 5.32 Å². The number of benzene rings is 2. The van der Waals surface area contributed by atoms with Crippen molar-refractivity contribution >= 4 is 5.69 Å². The van der Waals surface area contributed by atoms with Crippen LogP contribution in [-0.2, 0) is 11.8 Å². The zero-order valence-electron chi connectivity index (χ0n) is 11.9. The van der Waals surface area contributed by atoms with Gasteiger partial charge in [0.1, 0.15) is 0 Å². The third kappa shape index (κ3) is 2.37. The van der Waals surface area contributed by atoms with Crippen molar-refractivity contribution in [2.45, 2.75) is 38.6 Å². The molecule has 0 saturated heterocycles. The van der Waals surface area contributed by atoms with Crippen LogP contribution >= 0.6 is 0 Å².